The summed E-state index contributed by atoms with van der Waals surface area (Å²) in [6.45, 7) is 0. The van der Waals surface area contributed by atoms with Crippen molar-refractivity contribution in [1.82, 2.24) is 40.1 Å². The summed E-state index contributed by atoms with van der Waals surface area (Å²) in [5.74, 6) is 0.766. The Labute approximate surface area is 223 Å². The summed E-state index contributed by atoms with van der Waals surface area (Å²) in [6.07, 6.45) is 17.6. The Balaban J connectivity index is 1.23. The molecule has 10 nitrogen and oxygen atoms in total. The minimum absolute atomic E-state index is 0.0739. The first kappa shape index (κ1) is 23.2. The van der Waals surface area contributed by atoms with Crippen LogP contribution in [0.15, 0.2) is 67.6 Å². The highest BCUT2D eigenvalue weighted by atomic mass is 16.1. The van der Waals surface area contributed by atoms with Crippen molar-refractivity contribution in [1.29, 1.82) is 0 Å². The van der Waals surface area contributed by atoms with Gasteiger partial charge in [-0.1, -0.05) is 19.3 Å². The van der Waals surface area contributed by atoms with E-state index in [2.05, 4.69) is 40.4 Å². The third kappa shape index (κ3) is 4.39. The average molecular weight is 516 g/mol. The minimum Gasteiger partial charge on any atom is -0.335 e. The van der Waals surface area contributed by atoms with Crippen molar-refractivity contribution >= 4 is 33.7 Å². The van der Waals surface area contributed by atoms with Crippen LogP contribution in [-0.2, 0) is 4.79 Å². The van der Waals surface area contributed by atoms with Gasteiger partial charge < -0.3 is 10.3 Å². The Bertz CT molecular complexity index is 1800. The number of carbonyl (C=O) groups is 1. The zero-order valence-electron chi connectivity index (χ0n) is 21.1. The fourth-order valence-electron chi connectivity index (χ4n) is 5.30. The Morgan fingerprint density at radius 3 is 2.56 bits per heavy atom. The van der Waals surface area contributed by atoms with Gasteiger partial charge in [-0.15, -0.1) is 0 Å². The number of anilines is 1. The molecule has 1 fully saturated rings. The lowest BCUT2D eigenvalue weighted by molar-refractivity contribution is -0.120. The van der Waals surface area contributed by atoms with Gasteiger partial charge in [-0.25, -0.2) is 9.97 Å². The summed E-state index contributed by atoms with van der Waals surface area (Å²) in [6, 6.07) is 7.82. The monoisotopic (exact) mass is 515 g/mol. The molecule has 0 unspecified atom stereocenters. The number of H-pyrrole nitrogens is 2. The molecule has 0 bridgehead atoms. The molecule has 0 atom stereocenters. The minimum atomic E-state index is 0.0739. The van der Waals surface area contributed by atoms with Crippen molar-refractivity contribution in [2.24, 2.45) is 5.92 Å². The van der Waals surface area contributed by atoms with Gasteiger partial charge in [0, 0.05) is 53.6 Å². The van der Waals surface area contributed by atoms with E-state index in [4.69, 9.17) is 4.98 Å². The Morgan fingerprint density at radius 2 is 1.69 bits per heavy atom. The van der Waals surface area contributed by atoms with Gasteiger partial charge in [-0.2, -0.15) is 5.10 Å². The van der Waals surface area contributed by atoms with Crippen LogP contribution in [0.2, 0.25) is 0 Å². The van der Waals surface area contributed by atoms with Crippen LogP contribution in [0.5, 0.6) is 0 Å². The van der Waals surface area contributed by atoms with E-state index < -0.39 is 0 Å². The van der Waals surface area contributed by atoms with Crippen molar-refractivity contribution < 1.29 is 4.79 Å². The third-order valence-electron chi connectivity index (χ3n) is 7.34. The van der Waals surface area contributed by atoms with Crippen LogP contribution in [0.1, 0.15) is 32.1 Å². The van der Waals surface area contributed by atoms with Gasteiger partial charge >= 0.3 is 0 Å². The fourth-order valence-corrected chi connectivity index (χ4v) is 5.30. The quantitative estimate of drug-likeness (QED) is 0.274. The molecule has 3 N–H and O–H groups in total. The molecule has 6 aromatic rings. The number of fused-ring (bicyclic) bond motifs is 2. The molecule has 7 rings (SSSR count). The molecule has 0 saturated heterocycles. The molecule has 39 heavy (non-hydrogen) atoms. The number of imidazole rings is 1. The maximum atomic E-state index is 12.8. The van der Waals surface area contributed by atoms with E-state index in [0.29, 0.717) is 22.9 Å². The first-order valence-electron chi connectivity index (χ1n) is 13.1. The normalized spacial score (nSPS) is 14.2. The van der Waals surface area contributed by atoms with E-state index in [1.54, 1.807) is 43.4 Å². The van der Waals surface area contributed by atoms with Crippen molar-refractivity contribution in [3.63, 3.8) is 0 Å². The van der Waals surface area contributed by atoms with Gasteiger partial charge in [0.2, 0.25) is 5.91 Å². The van der Waals surface area contributed by atoms with Crippen LogP contribution in [0.3, 0.4) is 0 Å². The number of amides is 1. The number of hydrogen-bond donors (Lipinski definition) is 3. The van der Waals surface area contributed by atoms with Crippen molar-refractivity contribution in [3.05, 3.63) is 67.6 Å². The number of pyridine rings is 4. The molecule has 0 spiro atoms. The molecule has 6 heterocycles. The molecule has 0 aliphatic heterocycles. The molecule has 192 valence electrons. The second-order valence-electron chi connectivity index (χ2n) is 9.88. The Hall–Kier alpha value is -4.99. The maximum absolute atomic E-state index is 12.8. The summed E-state index contributed by atoms with van der Waals surface area (Å²) in [4.78, 5) is 38.5. The van der Waals surface area contributed by atoms with Gasteiger partial charge in [0.1, 0.15) is 5.69 Å². The molecule has 1 aliphatic rings. The first-order valence-corrected chi connectivity index (χ1v) is 13.1. The van der Waals surface area contributed by atoms with Crippen LogP contribution in [0.25, 0.3) is 55.8 Å². The Kier molecular flexibility index (Phi) is 5.77. The molecule has 1 aliphatic carbocycles. The lowest BCUT2D eigenvalue weighted by Gasteiger charge is -2.20. The summed E-state index contributed by atoms with van der Waals surface area (Å²) < 4.78 is 0. The van der Waals surface area contributed by atoms with Gasteiger partial charge in [0.25, 0.3) is 0 Å². The van der Waals surface area contributed by atoms with E-state index in [0.717, 1.165) is 64.4 Å². The van der Waals surface area contributed by atoms with E-state index in [9.17, 15) is 4.79 Å². The SMILES string of the molecule is O=C(Nc1cncc(-c2cnc3[nH]nc(-c4nc5c(-c6ccncc6)cncc5[nH]4)c3c2)c1)C1CCCCC1. The number of carbonyl (C=O) groups excluding carboxylic acids is 1. The van der Waals surface area contributed by atoms with E-state index in [1.807, 2.05) is 24.3 Å². The van der Waals surface area contributed by atoms with Crippen LogP contribution < -0.4 is 5.32 Å². The lowest BCUT2D eigenvalue weighted by atomic mass is 9.88. The number of nitrogens with zero attached hydrogens (tertiary/aromatic N) is 6. The molecule has 0 radical (unpaired) electrons. The molecular formula is C29H25N9O. The van der Waals surface area contributed by atoms with Crippen molar-refractivity contribution in [2.45, 2.75) is 32.1 Å². The Morgan fingerprint density at radius 1 is 0.872 bits per heavy atom. The van der Waals surface area contributed by atoms with E-state index in [-0.39, 0.29) is 11.8 Å². The van der Waals surface area contributed by atoms with Gasteiger partial charge in [0.15, 0.2) is 11.5 Å². The maximum Gasteiger partial charge on any atom is 0.227 e. The average Bonchev–Trinajstić information content (AvgIpc) is 3.62. The number of nitrogens with one attached hydrogen (secondary N) is 3. The zero-order chi connectivity index (χ0) is 26.2. The molecule has 1 amide bonds. The highest BCUT2D eigenvalue weighted by Gasteiger charge is 2.21. The first-order chi connectivity index (χ1) is 19.2. The fraction of sp³-hybridized carbons (Fsp3) is 0.207. The smallest absolute Gasteiger partial charge is 0.227 e. The zero-order valence-corrected chi connectivity index (χ0v) is 21.1. The highest BCUT2D eigenvalue weighted by molar-refractivity contribution is 5.97. The highest BCUT2D eigenvalue weighted by Crippen LogP contribution is 2.32. The summed E-state index contributed by atoms with van der Waals surface area (Å²) in [5.41, 5.74) is 7.22. The number of aromatic nitrogens is 8. The summed E-state index contributed by atoms with van der Waals surface area (Å²) >= 11 is 0. The summed E-state index contributed by atoms with van der Waals surface area (Å²) in [5, 5.41) is 11.4. The molecule has 10 heteroatoms. The van der Waals surface area contributed by atoms with Gasteiger partial charge in [0.05, 0.1) is 34.5 Å². The molecule has 1 saturated carbocycles. The lowest BCUT2D eigenvalue weighted by Crippen LogP contribution is -2.24. The van der Waals surface area contributed by atoms with Crippen molar-refractivity contribution in [2.75, 3.05) is 5.32 Å². The molecule has 0 aromatic carbocycles. The van der Waals surface area contributed by atoms with Gasteiger partial charge in [-0.05, 0) is 42.7 Å². The number of hydrogen-bond acceptors (Lipinski definition) is 7. The number of rotatable bonds is 5. The van der Waals surface area contributed by atoms with E-state index >= 15 is 0 Å². The topological polar surface area (TPSA) is 138 Å². The second-order valence-corrected chi connectivity index (χ2v) is 9.88. The van der Waals surface area contributed by atoms with Crippen molar-refractivity contribution in [3.8, 4) is 33.8 Å². The molecular weight excluding hydrogens is 490 g/mol. The van der Waals surface area contributed by atoms with Gasteiger partial charge in [-0.3, -0.25) is 24.8 Å². The molecule has 6 aromatic heterocycles. The van der Waals surface area contributed by atoms with E-state index in [1.165, 1.54) is 6.42 Å². The van der Waals surface area contributed by atoms with Crippen LogP contribution in [0.4, 0.5) is 5.69 Å². The predicted molar refractivity (Wildman–Crippen MR) is 148 cm³/mol. The van der Waals surface area contributed by atoms with Crippen LogP contribution in [-0.4, -0.2) is 46.0 Å². The second kappa shape index (κ2) is 9.71. The van der Waals surface area contributed by atoms with Crippen LogP contribution in [0, 0.1) is 5.92 Å². The third-order valence-corrected chi connectivity index (χ3v) is 7.34. The summed E-state index contributed by atoms with van der Waals surface area (Å²) in [7, 11) is 0. The standard InChI is InChI=1S/C29H25N9O/c39-29(18-4-2-1-3-5-18)34-21-10-19(12-31-14-21)20-11-22-26(37-38-27(22)33-13-20)28-35-24-16-32-15-23(25(24)36-28)17-6-8-30-9-7-17/h6-16,18H,1-5H2,(H,34,39)(H,35,36)(H,33,37,38). The van der Waals surface area contributed by atoms with Crippen LogP contribution >= 0.6 is 0 Å². The number of aromatic amines is 2. The predicted octanol–water partition coefficient (Wildman–Crippen LogP) is 5.54. The largest absolute Gasteiger partial charge is 0.335 e.